The van der Waals surface area contributed by atoms with Crippen molar-refractivity contribution in [2.24, 2.45) is 0 Å². The van der Waals surface area contributed by atoms with Crippen LogP contribution in [0.2, 0.25) is 6.82 Å². The van der Waals surface area contributed by atoms with Crippen LogP contribution in [0.4, 0.5) is 0 Å². The standard InChI is InChI=1S/C7H9BNO2/c1-3-9-6(10)4-5(8-2)7(9)11/h4H,3H2,1-2H3. The van der Waals surface area contributed by atoms with Crippen LogP contribution in [0, 0.1) is 0 Å². The lowest BCUT2D eigenvalue weighted by atomic mass is 9.72. The zero-order chi connectivity index (χ0) is 8.43. The summed E-state index contributed by atoms with van der Waals surface area (Å²) in [5.74, 6) is -0.384. The topological polar surface area (TPSA) is 37.4 Å². The fraction of sp³-hybridized carbons (Fsp3) is 0.429. The van der Waals surface area contributed by atoms with Crippen LogP contribution in [0.15, 0.2) is 11.5 Å². The van der Waals surface area contributed by atoms with Gasteiger partial charge in [-0.05, 0) is 12.4 Å². The summed E-state index contributed by atoms with van der Waals surface area (Å²) < 4.78 is 0. The van der Waals surface area contributed by atoms with E-state index in [0.717, 1.165) is 0 Å². The van der Waals surface area contributed by atoms with E-state index in [1.54, 1.807) is 21.0 Å². The van der Waals surface area contributed by atoms with E-state index in [1.807, 2.05) is 0 Å². The Morgan fingerprint density at radius 3 is 2.45 bits per heavy atom. The SMILES string of the molecule is C[B]C1=CC(=O)N(CC)C1=O. The molecule has 0 saturated heterocycles. The molecule has 57 valence electrons. The van der Waals surface area contributed by atoms with Crippen molar-refractivity contribution in [1.29, 1.82) is 0 Å². The first-order valence-electron chi connectivity index (χ1n) is 3.57. The number of carbonyl (C=O) groups is 2. The molecule has 3 nitrogen and oxygen atoms in total. The quantitative estimate of drug-likeness (QED) is 0.410. The van der Waals surface area contributed by atoms with Crippen LogP contribution >= 0.6 is 0 Å². The van der Waals surface area contributed by atoms with Crippen LogP contribution in [0.1, 0.15) is 6.92 Å². The molecule has 0 unspecified atom stereocenters. The van der Waals surface area contributed by atoms with Crippen molar-refractivity contribution in [1.82, 2.24) is 4.90 Å². The predicted molar refractivity (Wildman–Crippen MR) is 42.1 cm³/mol. The Kier molecular flexibility index (Phi) is 2.12. The molecule has 0 aromatic rings. The Morgan fingerprint density at radius 2 is 2.18 bits per heavy atom. The minimum Gasteiger partial charge on any atom is -0.276 e. The lowest BCUT2D eigenvalue weighted by molar-refractivity contribution is -0.136. The molecule has 0 aromatic carbocycles. The molecule has 1 heterocycles. The van der Waals surface area contributed by atoms with Gasteiger partial charge in [-0.15, -0.1) is 0 Å². The number of amides is 2. The summed E-state index contributed by atoms with van der Waals surface area (Å²) in [4.78, 5) is 23.4. The third kappa shape index (κ3) is 1.20. The monoisotopic (exact) mass is 150 g/mol. The maximum absolute atomic E-state index is 11.2. The summed E-state index contributed by atoms with van der Waals surface area (Å²) in [5, 5.41) is 0. The van der Waals surface area contributed by atoms with Crippen molar-refractivity contribution >= 4 is 19.1 Å². The molecule has 1 aliphatic rings. The third-order valence-electron chi connectivity index (χ3n) is 1.66. The maximum Gasteiger partial charge on any atom is 0.253 e. The van der Waals surface area contributed by atoms with Crippen LogP contribution in [0.3, 0.4) is 0 Å². The van der Waals surface area contributed by atoms with E-state index in [0.29, 0.717) is 12.0 Å². The molecule has 0 bridgehead atoms. The molecule has 0 fully saturated rings. The minimum absolute atomic E-state index is 0.181. The zero-order valence-electron chi connectivity index (χ0n) is 6.63. The van der Waals surface area contributed by atoms with E-state index < -0.39 is 0 Å². The molecule has 1 aliphatic heterocycles. The second-order valence-electron chi connectivity index (χ2n) is 2.28. The van der Waals surface area contributed by atoms with Crippen LogP contribution < -0.4 is 0 Å². The average molecular weight is 150 g/mol. The fourth-order valence-electron chi connectivity index (χ4n) is 1.03. The van der Waals surface area contributed by atoms with Crippen molar-refractivity contribution in [2.45, 2.75) is 13.7 Å². The van der Waals surface area contributed by atoms with Crippen molar-refractivity contribution < 1.29 is 9.59 Å². The Labute approximate surface area is 66.3 Å². The Morgan fingerprint density at radius 1 is 1.55 bits per heavy atom. The van der Waals surface area contributed by atoms with Crippen molar-refractivity contribution in [2.75, 3.05) is 6.54 Å². The predicted octanol–water partition coefficient (Wildman–Crippen LogP) is 0.0113. The molecule has 2 amide bonds. The van der Waals surface area contributed by atoms with E-state index in [4.69, 9.17) is 0 Å². The van der Waals surface area contributed by atoms with Gasteiger partial charge in [0.1, 0.15) is 0 Å². The van der Waals surface area contributed by atoms with Gasteiger partial charge in [0.25, 0.3) is 5.91 Å². The second kappa shape index (κ2) is 2.90. The van der Waals surface area contributed by atoms with E-state index in [1.165, 1.54) is 11.0 Å². The van der Waals surface area contributed by atoms with Crippen LogP contribution in [0.5, 0.6) is 0 Å². The number of hydrogen-bond donors (Lipinski definition) is 0. The fourth-order valence-corrected chi connectivity index (χ4v) is 1.03. The van der Waals surface area contributed by atoms with Gasteiger partial charge in [0, 0.05) is 12.6 Å². The lowest BCUT2D eigenvalue weighted by Gasteiger charge is -2.10. The molecule has 1 radical (unpaired) electrons. The van der Waals surface area contributed by atoms with E-state index >= 15 is 0 Å². The van der Waals surface area contributed by atoms with E-state index in [9.17, 15) is 9.59 Å². The van der Waals surface area contributed by atoms with E-state index in [2.05, 4.69) is 0 Å². The van der Waals surface area contributed by atoms with Gasteiger partial charge in [0.15, 0.2) is 7.28 Å². The van der Waals surface area contributed by atoms with Crippen LogP contribution in [0.25, 0.3) is 0 Å². The van der Waals surface area contributed by atoms with Gasteiger partial charge in [-0.25, -0.2) is 0 Å². The molecule has 0 aromatic heterocycles. The molecule has 4 heteroatoms. The van der Waals surface area contributed by atoms with Gasteiger partial charge in [-0.2, -0.15) is 0 Å². The van der Waals surface area contributed by atoms with Crippen molar-refractivity contribution in [3.63, 3.8) is 0 Å². The highest BCUT2D eigenvalue weighted by Gasteiger charge is 2.27. The Balaban J connectivity index is 2.84. The largest absolute Gasteiger partial charge is 0.276 e. The molecule has 0 spiro atoms. The van der Waals surface area contributed by atoms with Gasteiger partial charge in [-0.1, -0.05) is 6.82 Å². The highest BCUT2D eigenvalue weighted by atomic mass is 16.2. The average Bonchev–Trinajstić information content (AvgIpc) is 2.26. The van der Waals surface area contributed by atoms with Crippen molar-refractivity contribution in [3.8, 4) is 0 Å². The summed E-state index contributed by atoms with van der Waals surface area (Å²) in [6.07, 6.45) is 1.37. The zero-order valence-corrected chi connectivity index (χ0v) is 6.63. The van der Waals surface area contributed by atoms with Gasteiger partial charge >= 0.3 is 0 Å². The highest BCUT2D eigenvalue weighted by Crippen LogP contribution is 2.10. The molecule has 1 rings (SSSR count). The third-order valence-corrected chi connectivity index (χ3v) is 1.66. The van der Waals surface area contributed by atoms with Crippen molar-refractivity contribution in [3.05, 3.63) is 11.5 Å². The lowest BCUT2D eigenvalue weighted by Crippen LogP contribution is -2.31. The number of hydrogen-bond acceptors (Lipinski definition) is 2. The second-order valence-corrected chi connectivity index (χ2v) is 2.28. The first-order chi connectivity index (χ1) is 5.20. The number of nitrogens with zero attached hydrogens (tertiary/aromatic N) is 1. The maximum atomic E-state index is 11.2. The first-order valence-corrected chi connectivity index (χ1v) is 3.57. The Bertz CT molecular complexity index is 235. The van der Waals surface area contributed by atoms with Crippen LogP contribution in [-0.2, 0) is 9.59 Å². The van der Waals surface area contributed by atoms with E-state index in [-0.39, 0.29) is 11.8 Å². The number of rotatable bonds is 2. The van der Waals surface area contributed by atoms with Gasteiger partial charge in [0.2, 0.25) is 5.91 Å². The smallest absolute Gasteiger partial charge is 0.253 e. The Hall–Kier alpha value is -1.06. The van der Waals surface area contributed by atoms with Gasteiger partial charge in [-0.3, -0.25) is 14.5 Å². The summed E-state index contributed by atoms with van der Waals surface area (Å²) >= 11 is 0. The highest BCUT2D eigenvalue weighted by molar-refractivity contribution is 6.55. The van der Waals surface area contributed by atoms with Crippen LogP contribution in [-0.4, -0.2) is 30.5 Å². The first kappa shape index (κ1) is 8.05. The summed E-state index contributed by atoms with van der Waals surface area (Å²) in [6, 6.07) is 0. The molecule has 0 saturated carbocycles. The molecule has 11 heavy (non-hydrogen) atoms. The molecule has 0 aliphatic carbocycles. The molecule has 0 N–H and O–H groups in total. The summed E-state index contributed by atoms with van der Waals surface area (Å²) in [5.41, 5.74) is 0.497. The summed E-state index contributed by atoms with van der Waals surface area (Å²) in [7, 11) is 1.65. The number of likely N-dealkylation sites (N-methyl/N-ethyl adjacent to an activating group) is 1. The molecular formula is C7H9BNO2. The summed E-state index contributed by atoms with van der Waals surface area (Å²) in [6.45, 7) is 3.98. The van der Waals surface area contributed by atoms with Gasteiger partial charge < -0.3 is 0 Å². The molecule has 0 atom stereocenters. The normalized spacial score (nSPS) is 17.3. The number of imide groups is 1. The minimum atomic E-state index is -0.203. The number of carbonyl (C=O) groups excluding carboxylic acids is 2. The van der Waals surface area contributed by atoms with Gasteiger partial charge in [0.05, 0.1) is 0 Å². The molecular weight excluding hydrogens is 141 g/mol.